The summed E-state index contributed by atoms with van der Waals surface area (Å²) >= 11 is 1.65. The molecule has 0 aromatic carbocycles. The van der Waals surface area contributed by atoms with E-state index >= 15 is 0 Å². The Balaban J connectivity index is 2.06. The van der Waals surface area contributed by atoms with E-state index in [0.29, 0.717) is 25.5 Å². The van der Waals surface area contributed by atoms with Gasteiger partial charge < -0.3 is 19.1 Å². The molecular formula is C19H29NO4S. The number of carbonyl (C=O) groups is 1. The Morgan fingerprint density at radius 3 is 2.48 bits per heavy atom. The number of carbonyl (C=O) groups excluding carboxylic acids is 1. The molecule has 1 amide bonds. The Morgan fingerprint density at radius 2 is 1.96 bits per heavy atom. The van der Waals surface area contributed by atoms with E-state index in [1.165, 1.54) is 0 Å². The first kappa shape index (κ1) is 19.8. The summed E-state index contributed by atoms with van der Waals surface area (Å²) in [7, 11) is 1.74. The molecule has 1 saturated heterocycles. The van der Waals surface area contributed by atoms with Gasteiger partial charge in [-0.15, -0.1) is 11.3 Å². The highest BCUT2D eigenvalue weighted by atomic mass is 32.1. The standard InChI is InChI=1S/C19H29NO4S/c1-7-23-14(2)15-8-9-16(25-15)19(22-6)10-12-20(13-11-19)17(21)24-18(3,4)5/h8-9H,2,7,10-13H2,1,3-6H3. The van der Waals surface area contributed by atoms with Crippen LogP contribution in [0.2, 0.25) is 0 Å². The van der Waals surface area contributed by atoms with Crippen molar-refractivity contribution in [1.82, 2.24) is 4.90 Å². The Labute approximate surface area is 154 Å². The summed E-state index contributed by atoms with van der Waals surface area (Å²) in [6, 6.07) is 4.11. The zero-order chi connectivity index (χ0) is 18.7. The molecular weight excluding hydrogens is 338 g/mol. The van der Waals surface area contributed by atoms with Crippen molar-refractivity contribution in [1.29, 1.82) is 0 Å². The van der Waals surface area contributed by atoms with Crippen molar-refractivity contribution >= 4 is 23.2 Å². The summed E-state index contributed by atoms with van der Waals surface area (Å²) in [4.78, 5) is 16.2. The fraction of sp³-hybridized carbons (Fsp3) is 0.632. The molecule has 2 rings (SSSR count). The van der Waals surface area contributed by atoms with Gasteiger partial charge in [-0.25, -0.2) is 4.79 Å². The van der Waals surface area contributed by atoms with Crippen molar-refractivity contribution in [2.24, 2.45) is 0 Å². The number of amides is 1. The predicted molar refractivity (Wildman–Crippen MR) is 101 cm³/mol. The average molecular weight is 368 g/mol. The number of rotatable bonds is 5. The van der Waals surface area contributed by atoms with Gasteiger partial charge in [0.05, 0.1) is 11.5 Å². The molecule has 6 heteroatoms. The third kappa shape index (κ3) is 4.76. The van der Waals surface area contributed by atoms with E-state index in [0.717, 1.165) is 22.6 Å². The van der Waals surface area contributed by atoms with Crippen LogP contribution in [0.25, 0.3) is 5.76 Å². The molecule has 0 saturated carbocycles. The number of likely N-dealkylation sites (tertiary alicyclic amines) is 1. The van der Waals surface area contributed by atoms with Crippen molar-refractivity contribution in [2.45, 2.75) is 51.7 Å². The van der Waals surface area contributed by atoms with Crippen LogP contribution in [-0.4, -0.2) is 43.4 Å². The molecule has 1 aliphatic heterocycles. The molecule has 0 N–H and O–H groups in total. The fourth-order valence-electron chi connectivity index (χ4n) is 2.91. The van der Waals surface area contributed by atoms with Crippen LogP contribution in [0, 0.1) is 0 Å². The van der Waals surface area contributed by atoms with Gasteiger partial charge in [-0.3, -0.25) is 0 Å². The number of hydrogen-bond donors (Lipinski definition) is 0. The molecule has 25 heavy (non-hydrogen) atoms. The van der Waals surface area contributed by atoms with Crippen LogP contribution < -0.4 is 0 Å². The first-order chi connectivity index (χ1) is 11.7. The maximum atomic E-state index is 12.3. The SMILES string of the molecule is C=C(OCC)c1ccc(C2(OC)CCN(C(=O)OC(C)(C)C)CC2)s1. The minimum atomic E-state index is -0.477. The van der Waals surface area contributed by atoms with Gasteiger partial charge in [0, 0.05) is 25.1 Å². The van der Waals surface area contributed by atoms with E-state index in [1.807, 2.05) is 33.8 Å². The van der Waals surface area contributed by atoms with Crippen molar-refractivity contribution in [3.8, 4) is 0 Å². The van der Waals surface area contributed by atoms with Crippen molar-refractivity contribution < 1.29 is 19.0 Å². The first-order valence-corrected chi connectivity index (χ1v) is 9.48. The largest absolute Gasteiger partial charge is 0.493 e. The molecule has 1 aromatic heterocycles. The normalized spacial score (nSPS) is 17.2. The van der Waals surface area contributed by atoms with Gasteiger partial charge in [-0.05, 0) is 52.7 Å². The first-order valence-electron chi connectivity index (χ1n) is 8.66. The van der Waals surface area contributed by atoms with Gasteiger partial charge in [0.15, 0.2) is 0 Å². The smallest absolute Gasteiger partial charge is 0.410 e. The van der Waals surface area contributed by atoms with Gasteiger partial charge in [0.2, 0.25) is 0 Å². The molecule has 140 valence electrons. The number of thiophene rings is 1. The Bertz CT molecular complexity index is 609. The second kappa shape index (κ2) is 7.79. The summed E-state index contributed by atoms with van der Waals surface area (Å²) in [5, 5.41) is 0. The monoisotopic (exact) mass is 367 g/mol. The molecule has 2 heterocycles. The third-order valence-corrected chi connectivity index (χ3v) is 5.57. The minimum Gasteiger partial charge on any atom is -0.493 e. The van der Waals surface area contributed by atoms with E-state index in [-0.39, 0.29) is 11.7 Å². The lowest BCUT2D eigenvalue weighted by Gasteiger charge is -2.40. The van der Waals surface area contributed by atoms with Crippen LogP contribution in [0.4, 0.5) is 4.79 Å². The quantitative estimate of drug-likeness (QED) is 0.712. The lowest BCUT2D eigenvalue weighted by atomic mass is 9.89. The summed E-state index contributed by atoms with van der Waals surface area (Å²) in [5.74, 6) is 0.691. The number of ether oxygens (including phenoxy) is 3. The number of nitrogens with zero attached hydrogens (tertiary/aromatic N) is 1. The van der Waals surface area contributed by atoms with Gasteiger partial charge in [0.1, 0.15) is 17.0 Å². The van der Waals surface area contributed by atoms with E-state index in [4.69, 9.17) is 14.2 Å². The molecule has 0 bridgehead atoms. The van der Waals surface area contributed by atoms with Crippen LogP contribution in [0.3, 0.4) is 0 Å². The van der Waals surface area contributed by atoms with Crippen molar-refractivity contribution in [3.05, 3.63) is 28.5 Å². The summed E-state index contributed by atoms with van der Waals surface area (Å²) in [6.45, 7) is 13.4. The van der Waals surface area contributed by atoms with Crippen LogP contribution in [0.1, 0.15) is 50.3 Å². The summed E-state index contributed by atoms with van der Waals surface area (Å²) < 4.78 is 16.9. The van der Waals surface area contributed by atoms with E-state index in [1.54, 1.807) is 23.3 Å². The minimum absolute atomic E-state index is 0.256. The highest BCUT2D eigenvalue weighted by molar-refractivity contribution is 7.13. The van der Waals surface area contributed by atoms with E-state index in [9.17, 15) is 4.79 Å². The average Bonchev–Trinajstić information content (AvgIpc) is 3.04. The van der Waals surface area contributed by atoms with Gasteiger partial charge >= 0.3 is 6.09 Å². The van der Waals surface area contributed by atoms with Crippen LogP contribution in [0.5, 0.6) is 0 Å². The third-order valence-electron chi connectivity index (χ3n) is 4.26. The Hall–Kier alpha value is -1.53. The molecule has 5 nitrogen and oxygen atoms in total. The molecule has 1 aliphatic rings. The topological polar surface area (TPSA) is 48.0 Å². The second-order valence-electron chi connectivity index (χ2n) is 7.19. The number of piperidine rings is 1. The fourth-order valence-corrected chi connectivity index (χ4v) is 4.06. The lowest BCUT2D eigenvalue weighted by molar-refractivity contribution is -0.0627. The Morgan fingerprint density at radius 1 is 1.32 bits per heavy atom. The van der Waals surface area contributed by atoms with E-state index < -0.39 is 5.60 Å². The lowest BCUT2D eigenvalue weighted by Crippen LogP contribution is -2.47. The molecule has 0 radical (unpaired) electrons. The zero-order valence-electron chi connectivity index (χ0n) is 15.9. The predicted octanol–water partition coefficient (Wildman–Crippen LogP) is 4.63. The van der Waals surface area contributed by atoms with Crippen LogP contribution in [-0.2, 0) is 19.8 Å². The van der Waals surface area contributed by atoms with Gasteiger partial charge in [-0.2, -0.15) is 0 Å². The van der Waals surface area contributed by atoms with Gasteiger partial charge in [0.25, 0.3) is 0 Å². The molecule has 0 aliphatic carbocycles. The molecule has 0 spiro atoms. The second-order valence-corrected chi connectivity index (χ2v) is 8.27. The maximum Gasteiger partial charge on any atom is 0.410 e. The number of methoxy groups -OCH3 is 1. The molecule has 1 aromatic rings. The van der Waals surface area contributed by atoms with Gasteiger partial charge in [-0.1, -0.05) is 6.58 Å². The Kier molecular flexibility index (Phi) is 6.16. The summed E-state index contributed by atoms with van der Waals surface area (Å²) in [5.41, 5.74) is -0.844. The molecule has 1 fully saturated rings. The maximum absolute atomic E-state index is 12.3. The van der Waals surface area contributed by atoms with Crippen molar-refractivity contribution in [3.63, 3.8) is 0 Å². The highest BCUT2D eigenvalue weighted by Gasteiger charge is 2.39. The number of hydrogen-bond acceptors (Lipinski definition) is 5. The van der Waals surface area contributed by atoms with Crippen molar-refractivity contribution in [2.75, 3.05) is 26.8 Å². The van der Waals surface area contributed by atoms with E-state index in [2.05, 4.69) is 12.6 Å². The van der Waals surface area contributed by atoms with Crippen LogP contribution >= 0.6 is 11.3 Å². The highest BCUT2D eigenvalue weighted by Crippen LogP contribution is 2.41. The van der Waals surface area contributed by atoms with Crippen LogP contribution in [0.15, 0.2) is 18.7 Å². The zero-order valence-corrected chi connectivity index (χ0v) is 16.7. The molecule has 0 unspecified atom stereocenters. The molecule has 0 atom stereocenters. The summed E-state index contributed by atoms with van der Waals surface area (Å²) in [6.07, 6.45) is 1.22.